The van der Waals surface area contributed by atoms with Gasteiger partial charge in [0.2, 0.25) is 0 Å². The Kier molecular flexibility index (Phi) is 3.80. The van der Waals surface area contributed by atoms with E-state index in [2.05, 4.69) is 0 Å². The van der Waals surface area contributed by atoms with Gasteiger partial charge in [0.1, 0.15) is 6.10 Å². The SMILES string of the molecule is COc1cc(C2=COC3CC(O)C(O)CC3C2=O)ccc1O. The van der Waals surface area contributed by atoms with E-state index in [0.29, 0.717) is 11.1 Å². The summed E-state index contributed by atoms with van der Waals surface area (Å²) in [7, 11) is 1.43. The largest absolute Gasteiger partial charge is 0.504 e. The summed E-state index contributed by atoms with van der Waals surface area (Å²) < 4.78 is 10.6. The van der Waals surface area contributed by atoms with E-state index in [1.165, 1.54) is 19.4 Å². The fourth-order valence-corrected chi connectivity index (χ4v) is 3.02. The first-order valence-electron chi connectivity index (χ1n) is 7.14. The molecule has 4 atom stereocenters. The lowest BCUT2D eigenvalue weighted by Crippen LogP contribution is -2.47. The Labute approximate surface area is 127 Å². The third-order valence-corrected chi connectivity index (χ3v) is 4.32. The molecule has 0 radical (unpaired) electrons. The van der Waals surface area contributed by atoms with E-state index < -0.39 is 24.2 Å². The molecule has 1 heterocycles. The molecule has 118 valence electrons. The number of hydrogen-bond acceptors (Lipinski definition) is 6. The van der Waals surface area contributed by atoms with Crippen molar-refractivity contribution in [3.8, 4) is 11.5 Å². The van der Waals surface area contributed by atoms with E-state index in [9.17, 15) is 20.1 Å². The maximum Gasteiger partial charge on any atom is 0.173 e. The van der Waals surface area contributed by atoms with Crippen LogP contribution in [-0.4, -0.2) is 46.5 Å². The van der Waals surface area contributed by atoms with E-state index >= 15 is 0 Å². The molecule has 0 aromatic heterocycles. The van der Waals surface area contributed by atoms with Crippen molar-refractivity contribution in [3.63, 3.8) is 0 Å². The van der Waals surface area contributed by atoms with Crippen molar-refractivity contribution in [1.82, 2.24) is 0 Å². The minimum atomic E-state index is -0.914. The summed E-state index contributed by atoms with van der Waals surface area (Å²) in [6, 6.07) is 4.63. The van der Waals surface area contributed by atoms with Gasteiger partial charge in [0, 0.05) is 6.42 Å². The number of allylic oxidation sites excluding steroid dienone is 1. The van der Waals surface area contributed by atoms with Crippen molar-refractivity contribution in [3.05, 3.63) is 30.0 Å². The summed E-state index contributed by atoms with van der Waals surface area (Å²) in [6.45, 7) is 0. The number of phenols is 1. The predicted octanol–water partition coefficient (Wildman–Crippen LogP) is 0.841. The Morgan fingerprint density at radius 3 is 2.68 bits per heavy atom. The number of phenolic OH excluding ortho intramolecular Hbond substituents is 1. The van der Waals surface area contributed by atoms with Gasteiger partial charge in [-0.15, -0.1) is 0 Å². The summed E-state index contributed by atoms with van der Waals surface area (Å²) in [6.07, 6.45) is -0.383. The van der Waals surface area contributed by atoms with Gasteiger partial charge < -0.3 is 24.8 Å². The summed E-state index contributed by atoms with van der Waals surface area (Å²) in [5.41, 5.74) is 0.960. The fourth-order valence-electron chi connectivity index (χ4n) is 3.02. The predicted molar refractivity (Wildman–Crippen MR) is 77.3 cm³/mol. The number of carbonyl (C=O) groups excluding carboxylic acids is 1. The standard InChI is InChI=1S/C16H18O6/c1-21-15-4-8(2-3-11(15)17)10-7-22-14-6-13(19)12(18)5-9(14)16(10)20/h2-4,7,9,12-14,17-19H,5-6H2,1H3. The highest BCUT2D eigenvalue weighted by Gasteiger charge is 2.43. The van der Waals surface area contributed by atoms with Crippen LogP contribution in [0.25, 0.3) is 5.57 Å². The molecule has 1 aromatic carbocycles. The van der Waals surface area contributed by atoms with E-state index in [0.717, 1.165) is 0 Å². The van der Waals surface area contributed by atoms with Crippen LogP contribution >= 0.6 is 0 Å². The van der Waals surface area contributed by atoms with E-state index in [-0.39, 0.29) is 30.1 Å². The Morgan fingerprint density at radius 2 is 1.95 bits per heavy atom. The third kappa shape index (κ3) is 2.44. The van der Waals surface area contributed by atoms with Crippen LogP contribution in [0.2, 0.25) is 0 Å². The van der Waals surface area contributed by atoms with Gasteiger partial charge in [-0.05, 0) is 24.1 Å². The average molecular weight is 306 g/mol. The van der Waals surface area contributed by atoms with Crippen molar-refractivity contribution in [2.75, 3.05) is 7.11 Å². The highest BCUT2D eigenvalue weighted by atomic mass is 16.5. The van der Waals surface area contributed by atoms with Crippen LogP contribution in [0.3, 0.4) is 0 Å². The fraction of sp³-hybridized carbons (Fsp3) is 0.438. The molecule has 0 amide bonds. The lowest BCUT2D eigenvalue weighted by molar-refractivity contribution is -0.134. The van der Waals surface area contributed by atoms with E-state index in [1.54, 1.807) is 12.1 Å². The van der Waals surface area contributed by atoms with Crippen molar-refractivity contribution >= 4 is 11.4 Å². The number of fused-ring (bicyclic) bond motifs is 1. The molecular weight excluding hydrogens is 288 g/mol. The molecule has 6 heteroatoms. The topological polar surface area (TPSA) is 96.2 Å². The van der Waals surface area contributed by atoms with Gasteiger partial charge in [-0.3, -0.25) is 4.79 Å². The Bertz CT molecular complexity index is 623. The van der Waals surface area contributed by atoms with Crippen molar-refractivity contribution in [2.45, 2.75) is 31.2 Å². The second-order valence-corrected chi connectivity index (χ2v) is 5.67. The van der Waals surface area contributed by atoms with Gasteiger partial charge >= 0.3 is 0 Å². The number of carbonyl (C=O) groups is 1. The first-order valence-corrected chi connectivity index (χ1v) is 7.14. The van der Waals surface area contributed by atoms with Crippen LogP contribution in [0, 0.1) is 5.92 Å². The van der Waals surface area contributed by atoms with Crippen molar-refractivity contribution < 1.29 is 29.6 Å². The van der Waals surface area contributed by atoms with Gasteiger partial charge in [-0.2, -0.15) is 0 Å². The van der Waals surface area contributed by atoms with Gasteiger partial charge in [0.25, 0.3) is 0 Å². The maximum atomic E-state index is 12.7. The minimum Gasteiger partial charge on any atom is -0.504 e. The molecule has 6 nitrogen and oxygen atoms in total. The number of benzene rings is 1. The third-order valence-electron chi connectivity index (χ3n) is 4.32. The zero-order valence-electron chi connectivity index (χ0n) is 12.1. The molecule has 3 N–H and O–H groups in total. The van der Waals surface area contributed by atoms with Crippen LogP contribution in [-0.2, 0) is 9.53 Å². The summed E-state index contributed by atoms with van der Waals surface area (Å²) >= 11 is 0. The first-order chi connectivity index (χ1) is 10.5. The molecule has 22 heavy (non-hydrogen) atoms. The van der Waals surface area contributed by atoms with Gasteiger partial charge in [-0.25, -0.2) is 0 Å². The zero-order valence-corrected chi connectivity index (χ0v) is 12.1. The number of aromatic hydroxyl groups is 1. The summed E-state index contributed by atoms with van der Waals surface area (Å²) in [5, 5.41) is 29.1. The second-order valence-electron chi connectivity index (χ2n) is 5.67. The van der Waals surface area contributed by atoms with Crippen LogP contribution in [0.1, 0.15) is 18.4 Å². The molecule has 1 saturated carbocycles. The maximum absolute atomic E-state index is 12.7. The van der Waals surface area contributed by atoms with Gasteiger partial charge in [0.15, 0.2) is 17.3 Å². The van der Waals surface area contributed by atoms with Gasteiger partial charge in [-0.1, -0.05) is 6.07 Å². The highest BCUT2D eigenvalue weighted by molar-refractivity contribution is 6.22. The van der Waals surface area contributed by atoms with Crippen LogP contribution in [0.5, 0.6) is 11.5 Å². The van der Waals surface area contributed by atoms with Crippen molar-refractivity contribution in [2.24, 2.45) is 5.92 Å². The quantitative estimate of drug-likeness (QED) is 0.749. The molecule has 0 saturated heterocycles. The molecule has 1 aliphatic carbocycles. The van der Waals surface area contributed by atoms with Crippen LogP contribution < -0.4 is 4.74 Å². The normalized spacial score (nSPS) is 31.0. The molecule has 4 unspecified atom stereocenters. The molecule has 1 aliphatic heterocycles. The molecular formula is C16H18O6. The minimum absolute atomic E-state index is 0.00915. The van der Waals surface area contributed by atoms with Crippen molar-refractivity contribution in [1.29, 1.82) is 0 Å². The molecule has 0 bridgehead atoms. The monoisotopic (exact) mass is 306 g/mol. The van der Waals surface area contributed by atoms with E-state index in [4.69, 9.17) is 9.47 Å². The van der Waals surface area contributed by atoms with Gasteiger partial charge in [0.05, 0.1) is 37.1 Å². The molecule has 1 fully saturated rings. The Hall–Kier alpha value is -2.05. The number of ether oxygens (including phenoxy) is 2. The number of rotatable bonds is 2. The lowest BCUT2D eigenvalue weighted by Gasteiger charge is -2.38. The van der Waals surface area contributed by atoms with Crippen LogP contribution in [0.4, 0.5) is 0 Å². The lowest BCUT2D eigenvalue weighted by atomic mass is 9.76. The Balaban J connectivity index is 1.91. The smallest absolute Gasteiger partial charge is 0.173 e. The summed E-state index contributed by atoms with van der Waals surface area (Å²) in [5.74, 6) is -0.342. The highest BCUT2D eigenvalue weighted by Crippen LogP contribution is 2.38. The zero-order chi connectivity index (χ0) is 15.9. The number of hydrogen-bond donors (Lipinski definition) is 3. The molecule has 3 rings (SSSR count). The summed E-state index contributed by atoms with van der Waals surface area (Å²) in [4.78, 5) is 12.7. The number of methoxy groups -OCH3 is 1. The number of ketones is 1. The molecule has 2 aliphatic rings. The second kappa shape index (κ2) is 5.62. The number of aliphatic hydroxyl groups is 2. The molecule has 0 spiro atoms. The Morgan fingerprint density at radius 1 is 1.23 bits per heavy atom. The molecule has 1 aromatic rings. The number of Topliss-reactive ketones (excluding diaryl/α,β-unsaturated/α-hetero) is 1. The first kappa shape index (κ1) is 14.9. The average Bonchev–Trinajstić information content (AvgIpc) is 2.50. The number of aliphatic hydroxyl groups excluding tert-OH is 2. The van der Waals surface area contributed by atoms with E-state index in [1.807, 2.05) is 0 Å². The van der Waals surface area contributed by atoms with Crippen LogP contribution in [0.15, 0.2) is 24.5 Å².